The van der Waals surface area contributed by atoms with Gasteiger partial charge in [-0.3, -0.25) is 4.90 Å². The number of thioether (sulfide) groups is 1. The highest BCUT2D eigenvalue weighted by Gasteiger charge is 2.20. The van der Waals surface area contributed by atoms with Gasteiger partial charge in [-0.1, -0.05) is 13.8 Å². The van der Waals surface area contributed by atoms with E-state index >= 15 is 0 Å². The average Bonchev–Trinajstić information content (AvgIpc) is 2.70. The summed E-state index contributed by atoms with van der Waals surface area (Å²) in [6.45, 7) is 11.7. The minimum Gasteiger partial charge on any atom is -0.465 e. The van der Waals surface area contributed by atoms with Crippen molar-refractivity contribution in [3.8, 4) is 0 Å². The van der Waals surface area contributed by atoms with Crippen LogP contribution in [0.1, 0.15) is 37.9 Å². The molecule has 1 aliphatic heterocycles. The molecule has 0 spiro atoms. The summed E-state index contributed by atoms with van der Waals surface area (Å²) in [6.07, 6.45) is 0. The van der Waals surface area contributed by atoms with Crippen molar-refractivity contribution in [2.24, 2.45) is 0 Å². The van der Waals surface area contributed by atoms with Gasteiger partial charge in [-0.15, -0.1) is 0 Å². The van der Waals surface area contributed by atoms with Crippen LogP contribution in [0.25, 0.3) is 0 Å². The second-order valence-electron chi connectivity index (χ2n) is 5.72. The third-order valence-electron chi connectivity index (χ3n) is 3.64. The lowest BCUT2D eigenvalue weighted by Gasteiger charge is -2.32. The molecule has 1 aromatic heterocycles. The summed E-state index contributed by atoms with van der Waals surface area (Å²) in [7, 11) is 0. The van der Waals surface area contributed by atoms with Crippen LogP contribution in [-0.4, -0.2) is 35.0 Å². The van der Waals surface area contributed by atoms with Crippen molar-refractivity contribution >= 4 is 11.8 Å². The molecule has 1 N–H and O–H groups in total. The molecule has 1 aromatic rings. The summed E-state index contributed by atoms with van der Waals surface area (Å²) >= 11 is 2.05. The highest BCUT2D eigenvalue weighted by atomic mass is 32.2. The first kappa shape index (κ1) is 14.9. The maximum absolute atomic E-state index is 5.91. The van der Waals surface area contributed by atoms with Crippen LogP contribution in [0.5, 0.6) is 0 Å². The Bertz CT molecular complexity index is 403. The van der Waals surface area contributed by atoms with Gasteiger partial charge < -0.3 is 9.73 Å². The minimum atomic E-state index is 0.511. The van der Waals surface area contributed by atoms with Crippen LogP contribution in [0.3, 0.4) is 0 Å². The van der Waals surface area contributed by atoms with E-state index < -0.39 is 0 Å². The average molecular weight is 282 g/mol. The van der Waals surface area contributed by atoms with Crippen molar-refractivity contribution in [3.63, 3.8) is 0 Å². The number of furan rings is 1. The summed E-state index contributed by atoms with van der Waals surface area (Å²) in [6, 6.07) is 3.39. The Kier molecular flexibility index (Phi) is 5.37. The first-order valence-electron chi connectivity index (χ1n) is 7.19. The van der Waals surface area contributed by atoms with E-state index in [-0.39, 0.29) is 0 Å². The molecule has 3 nitrogen and oxygen atoms in total. The molecule has 4 heteroatoms. The van der Waals surface area contributed by atoms with Crippen molar-refractivity contribution in [1.29, 1.82) is 0 Å². The van der Waals surface area contributed by atoms with Crippen LogP contribution < -0.4 is 5.32 Å². The summed E-state index contributed by atoms with van der Waals surface area (Å²) in [5.41, 5.74) is 1.29. The molecule has 1 unspecified atom stereocenters. The quantitative estimate of drug-likeness (QED) is 0.898. The Morgan fingerprint density at radius 1 is 1.53 bits per heavy atom. The molecule has 0 aromatic carbocycles. The molecule has 0 radical (unpaired) electrons. The third-order valence-corrected chi connectivity index (χ3v) is 4.83. The van der Waals surface area contributed by atoms with Gasteiger partial charge in [0.25, 0.3) is 0 Å². The predicted molar refractivity (Wildman–Crippen MR) is 82.6 cm³/mol. The fourth-order valence-electron chi connectivity index (χ4n) is 2.35. The zero-order valence-electron chi connectivity index (χ0n) is 12.5. The highest BCUT2D eigenvalue weighted by molar-refractivity contribution is 7.99. The summed E-state index contributed by atoms with van der Waals surface area (Å²) in [5, 5.41) is 3.45. The van der Waals surface area contributed by atoms with Gasteiger partial charge in [-0.05, 0) is 19.9 Å². The molecule has 1 atom stereocenters. The van der Waals surface area contributed by atoms with Crippen LogP contribution in [0, 0.1) is 6.92 Å². The molecule has 1 saturated heterocycles. The van der Waals surface area contributed by atoms with Gasteiger partial charge in [-0.25, -0.2) is 0 Å². The van der Waals surface area contributed by atoms with E-state index in [9.17, 15) is 0 Å². The van der Waals surface area contributed by atoms with Crippen LogP contribution in [0.4, 0.5) is 0 Å². The number of hydrogen-bond donors (Lipinski definition) is 1. The molecule has 108 valence electrons. The van der Waals surface area contributed by atoms with Gasteiger partial charge >= 0.3 is 0 Å². The normalized spacial score (nSPS) is 21.2. The monoisotopic (exact) mass is 282 g/mol. The molecule has 0 saturated carbocycles. The largest absolute Gasteiger partial charge is 0.465 e. The maximum atomic E-state index is 5.91. The molecule has 2 heterocycles. The van der Waals surface area contributed by atoms with E-state index in [0.717, 1.165) is 24.6 Å². The lowest BCUT2D eigenvalue weighted by atomic mass is 10.2. The van der Waals surface area contributed by atoms with Gasteiger partial charge in [0, 0.05) is 42.2 Å². The van der Waals surface area contributed by atoms with Gasteiger partial charge in [0.05, 0.1) is 6.54 Å². The van der Waals surface area contributed by atoms with Gasteiger partial charge in [0.1, 0.15) is 11.5 Å². The van der Waals surface area contributed by atoms with E-state index in [2.05, 4.69) is 55.7 Å². The standard InChI is InChI=1S/C15H26N2OS/c1-11(2)16-8-14-7-15(18-13(14)4)9-17-5-6-19-10-12(17)3/h7,11-12,16H,5-6,8-10H2,1-4H3. The van der Waals surface area contributed by atoms with Crippen LogP contribution >= 0.6 is 11.8 Å². The number of hydrogen-bond acceptors (Lipinski definition) is 4. The fraction of sp³-hybridized carbons (Fsp3) is 0.733. The highest BCUT2D eigenvalue weighted by Crippen LogP contribution is 2.21. The molecule has 1 aliphatic rings. The predicted octanol–water partition coefficient (Wildman–Crippen LogP) is 3.02. The van der Waals surface area contributed by atoms with Crippen molar-refractivity contribution in [3.05, 3.63) is 23.2 Å². The second-order valence-corrected chi connectivity index (χ2v) is 6.87. The molecular formula is C15H26N2OS. The Labute approximate surface area is 121 Å². The summed E-state index contributed by atoms with van der Waals surface area (Å²) in [4.78, 5) is 2.52. The SMILES string of the molecule is Cc1oc(CN2CCSCC2C)cc1CNC(C)C. The van der Waals surface area contributed by atoms with Crippen molar-refractivity contribution < 1.29 is 4.42 Å². The van der Waals surface area contributed by atoms with Gasteiger partial charge in [0.2, 0.25) is 0 Å². The van der Waals surface area contributed by atoms with Gasteiger partial charge in [0.15, 0.2) is 0 Å². The number of rotatable bonds is 5. The Balaban J connectivity index is 1.95. The third kappa shape index (κ3) is 4.26. The lowest BCUT2D eigenvalue weighted by molar-refractivity contribution is 0.205. The molecule has 2 rings (SSSR count). The van der Waals surface area contributed by atoms with E-state index in [1.807, 2.05) is 0 Å². The number of aryl methyl sites for hydroxylation is 1. The summed E-state index contributed by atoms with van der Waals surface area (Å²) < 4.78 is 5.91. The molecule has 19 heavy (non-hydrogen) atoms. The number of nitrogens with one attached hydrogen (secondary N) is 1. The van der Waals surface area contributed by atoms with E-state index in [1.165, 1.54) is 23.6 Å². The maximum Gasteiger partial charge on any atom is 0.118 e. The van der Waals surface area contributed by atoms with Crippen LogP contribution in [0.15, 0.2) is 10.5 Å². The Morgan fingerprint density at radius 3 is 3.00 bits per heavy atom. The van der Waals surface area contributed by atoms with Crippen molar-refractivity contribution in [2.75, 3.05) is 18.1 Å². The summed E-state index contributed by atoms with van der Waals surface area (Å²) in [5.74, 6) is 4.65. The van der Waals surface area contributed by atoms with E-state index in [4.69, 9.17) is 4.42 Å². The second kappa shape index (κ2) is 6.82. The number of nitrogens with zero attached hydrogens (tertiary/aromatic N) is 1. The van der Waals surface area contributed by atoms with Crippen LogP contribution in [-0.2, 0) is 13.1 Å². The zero-order valence-corrected chi connectivity index (χ0v) is 13.3. The molecule has 1 fully saturated rings. The van der Waals surface area contributed by atoms with Crippen molar-refractivity contribution in [2.45, 2.75) is 52.9 Å². The van der Waals surface area contributed by atoms with Crippen LogP contribution in [0.2, 0.25) is 0 Å². The minimum absolute atomic E-state index is 0.511. The zero-order chi connectivity index (χ0) is 13.8. The fourth-order valence-corrected chi connectivity index (χ4v) is 3.43. The molecular weight excluding hydrogens is 256 g/mol. The Hall–Kier alpha value is -0.450. The molecule has 0 bridgehead atoms. The van der Waals surface area contributed by atoms with E-state index in [0.29, 0.717) is 12.1 Å². The lowest BCUT2D eigenvalue weighted by Crippen LogP contribution is -2.39. The molecule has 0 aliphatic carbocycles. The van der Waals surface area contributed by atoms with E-state index in [1.54, 1.807) is 0 Å². The Morgan fingerprint density at radius 2 is 2.32 bits per heavy atom. The first-order chi connectivity index (χ1) is 9.06. The molecule has 0 amide bonds. The van der Waals surface area contributed by atoms with Gasteiger partial charge in [-0.2, -0.15) is 11.8 Å². The van der Waals surface area contributed by atoms with Crippen molar-refractivity contribution in [1.82, 2.24) is 10.2 Å². The topological polar surface area (TPSA) is 28.4 Å². The first-order valence-corrected chi connectivity index (χ1v) is 8.35. The smallest absolute Gasteiger partial charge is 0.118 e.